The molecule has 5 nitrogen and oxygen atoms in total. The molecule has 3 rings (SSSR count). The van der Waals surface area contributed by atoms with Crippen molar-refractivity contribution in [2.45, 2.75) is 18.9 Å². The van der Waals surface area contributed by atoms with E-state index in [1.807, 2.05) is 30.1 Å². The minimum absolute atomic E-state index is 0. The smallest absolute Gasteiger partial charge is 0.258 e. The van der Waals surface area contributed by atoms with Crippen molar-refractivity contribution < 1.29 is 14.3 Å². The number of hydrogen-bond donors (Lipinski definition) is 1. The fourth-order valence-corrected chi connectivity index (χ4v) is 2.95. The van der Waals surface area contributed by atoms with Crippen molar-refractivity contribution in [1.82, 2.24) is 10.2 Å². The fourth-order valence-electron chi connectivity index (χ4n) is 2.95. The van der Waals surface area contributed by atoms with Gasteiger partial charge in [-0.3, -0.25) is 4.79 Å². The van der Waals surface area contributed by atoms with Gasteiger partial charge in [0.05, 0.1) is 5.56 Å². The van der Waals surface area contributed by atoms with Gasteiger partial charge in [-0.1, -0.05) is 6.07 Å². The van der Waals surface area contributed by atoms with E-state index in [0.717, 1.165) is 25.9 Å². The second-order valence-corrected chi connectivity index (χ2v) is 5.18. The van der Waals surface area contributed by atoms with Crippen molar-refractivity contribution in [3.63, 3.8) is 0 Å². The summed E-state index contributed by atoms with van der Waals surface area (Å²) in [7, 11) is 1.92. The summed E-state index contributed by atoms with van der Waals surface area (Å²) in [4.78, 5) is 14.7. The van der Waals surface area contributed by atoms with Crippen LogP contribution in [0.3, 0.4) is 0 Å². The maximum Gasteiger partial charge on any atom is 0.258 e. The molecule has 0 aromatic heterocycles. The molecular formula is C15H21ClN2O3. The lowest BCUT2D eigenvalue weighted by Crippen LogP contribution is -2.41. The molecule has 1 atom stereocenters. The molecule has 1 aromatic carbocycles. The highest BCUT2D eigenvalue weighted by molar-refractivity contribution is 5.98. The van der Waals surface area contributed by atoms with Gasteiger partial charge in [0.25, 0.3) is 5.91 Å². The second kappa shape index (κ2) is 7.00. The van der Waals surface area contributed by atoms with E-state index in [1.165, 1.54) is 0 Å². The van der Waals surface area contributed by atoms with Crippen LogP contribution in [0.5, 0.6) is 11.5 Å². The summed E-state index contributed by atoms with van der Waals surface area (Å²) in [5.41, 5.74) is 0.616. The Morgan fingerprint density at radius 2 is 2.19 bits per heavy atom. The van der Waals surface area contributed by atoms with Crippen LogP contribution >= 0.6 is 12.4 Å². The minimum Gasteiger partial charge on any atom is -0.486 e. The first kappa shape index (κ1) is 15.9. The molecule has 0 saturated carbocycles. The van der Waals surface area contributed by atoms with Crippen molar-refractivity contribution in [2.24, 2.45) is 0 Å². The average molecular weight is 313 g/mol. The number of likely N-dealkylation sites (N-methyl/N-ethyl adjacent to an activating group) is 1. The van der Waals surface area contributed by atoms with Gasteiger partial charge < -0.3 is 19.7 Å². The molecule has 21 heavy (non-hydrogen) atoms. The Labute approximate surface area is 131 Å². The van der Waals surface area contributed by atoms with E-state index in [-0.39, 0.29) is 24.4 Å². The summed E-state index contributed by atoms with van der Waals surface area (Å²) >= 11 is 0. The molecule has 0 radical (unpaired) electrons. The topological polar surface area (TPSA) is 50.8 Å². The third-order valence-electron chi connectivity index (χ3n) is 3.87. The number of nitrogens with one attached hydrogen (secondary N) is 1. The SMILES string of the molecule is CNCC1CCCN1C(=O)c1cccc2c1OCCO2.Cl. The summed E-state index contributed by atoms with van der Waals surface area (Å²) < 4.78 is 11.2. The molecule has 116 valence electrons. The van der Waals surface area contributed by atoms with E-state index in [0.29, 0.717) is 30.3 Å². The average Bonchev–Trinajstić information content (AvgIpc) is 2.94. The Balaban J connectivity index is 0.00000161. The predicted molar refractivity (Wildman–Crippen MR) is 82.7 cm³/mol. The third kappa shape index (κ3) is 3.09. The van der Waals surface area contributed by atoms with Gasteiger partial charge >= 0.3 is 0 Å². The molecule has 1 saturated heterocycles. The van der Waals surface area contributed by atoms with Crippen LogP contribution in [0.25, 0.3) is 0 Å². The third-order valence-corrected chi connectivity index (χ3v) is 3.87. The molecule has 1 N–H and O–H groups in total. The number of carbonyl (C=O) groups is 1. The second-order valence-electron chi connectivity index (χ2n) is 5.18. The summed E-state index contributed by atoms with van der Waals surface area (Å²) in [6.07, 6.45) is 2.11. The number of amides is 1. The molecule has 0 spiro atoms. The number of halogens is 1. The lowest BCUT2D eigenvalue weighted by molar-refractivity contribution is 0.0726. The number of hydrogen-bond acceptors (Lipinski definition) is 4. The van der Waals surface area contributed by atoms with Crippen LogP contribution in [0, 0.1) is 0 Å². The van der Waals surface area contributed by atoms with Gasteiger partial charge in [0.1, 0.15) is 13.2 Å². The number of para-hydroxylation sites is 1. The van der Waals surface area contributed by atoms with Crippen molar-refractivity contribution in [2.75, 3.05) is 33.4 Å². The highest BCUT2D eigenvalue weighted by Crippen LogP contribution is 2.35. The number of nitrogens with zero attached hydrogens (tertiary/aromatic N) is 1. The van der Waals surface area contributed by atoms with Crippen LogP contribution in [0.1, 0.15) is 23.2 Å². The number of carbonyl (C=O) groups excluding carboxylic acids is 1. The lowest BCUT2D eigenvalue weighted by atomic mass is 10.1. The quantitative estimate of drug-likeness (QED) is 0.923. The van der Waals surface area contributed by atoms with E-state index in [4.69, 9.17) is 9.47 Å². The molecule has 6 heteroatoms. The van der Waals surface area contributed by atoms with Gasteiger partial charge in [-0.2, -0.15) is 0 Å². The van der Waals surface area contributed by atoms with Crippen LogP contribution in [0.15, 0.2) is 18.2 Å². The van der Waals surface area contributed by atoms with Gasteiger partial charge in [-0.05, 0) is 32.0 Å². The molecule has 2 heterocycles. The minimum atomic E-state index is 0. The largest absolute Gasteiger partial charge is 0.486 e. The molecule has 0 aliphatic carbocycles. The van der Waals surface area contributed by atoms with Crippen molar-refractivity contribution in [3.8, 4) is 11.5 Å². The van der Waals surface area contributed by atoms with E-state index < -0.39 is 0 Å². The van der Waals surface area contributed by atoms with Crippen LogP contribution < -0.4 is 14.8 Å². The summed E-state index contributed by atoms with van der Waals surface area (Å²) in [5, 5.41) is 3.16. The number of fused-ring (bicyclic) bond motifs is 1. The highest BCUT2D eigenvalue weighted by Gasteiger charge is 2.31. The first-order valence-electron chi connectivity index (χ1n) is 7.15. The van der Waals surface area contributed by atoms with Crippen molar-refractivity contribution >= 4 is 18.3 Å². The Morgan fingerprint density at radius 1 is 1.38 bits per heavy atom. The monoisotopic (exact) mass is 312 g/mol. The zero-order valence-corrected chi connectivity index (χ0v) is 12.9. The van der Waals surface area contributed by atoms with Crippen LogP contribution in [-0.2, 0) is 0 Å². The molecule has 2 aliphatic rings. The molecule has 0 bridgehead atoms. The first-order chi connectivity index (χ1) is 9.81. The standard InChI is InChI=1S/C15H20N2O3.ClH/c1-16-10-11-4-3-7-17(11)15(18)12-5-2-6-13-14(12)20-9-8-19-13;/h2,5-6,11,16H,3-4,7-10H2,1H3;1H. The van der Waals surface area contributed by atoms with Gasteiger partial charge in [-0.25, -0.2) is 0 Å². The normalized spacial score (nSPS) is 20.0. The molecular weight excluding hydrogens is 292 g/mol. The first-order valence-corrected chi connectivity index (χ1v) is 7.15. The molecule has 2 aliphatic heterocycles. The van der Waals surface area contributed by atoms with Crippen LogP contribution in [0.2, 0.25) is 0 Å². The maximum atomic E-state index is 12.8. The maximum absolute atomic E-state index is 12.8. The summed E-state index contributed by atoms with van der Waals surface area (Å²) in [6, 6.07) is 5.79. The number of rotatable bonds is 3. The number of likely N-dealkylation sites (tertiary alicyclic amines) is 1. The van der Waals surface area contributed by atoms with Crippen LogP contribution in [0.4, 0.5) is 0 Å². The van der Waals surface area contributed by atoms with Gasteiger partial charge in [0.15, 0.2) is 11.5 Å². The zero-order chi connectivity index (χ0) is 13.9. The lowest BCUT2D eigenvalue weighted by Gasteiger charge is -2.27. The Hall–Kier alpha value is -1.46. The Morgan fingerprint density at radius 3 is 3.00 bits per heavy atom. The molecule has 1 fully saturated rings. The van der Waals surface area contributed by atoms with E-state index >= 15 is 0 Å². The highest BCUT2D eigenvalue weighted by atomic mass is 35.5. The van der Waals surface area contributed by atoms with E-state index in [2.05, 4.69) is 5.32 Å². The Kier molecular flexibility index (Phi) is 5.31. The Bertz CT molecular complexity index is 510. The zero-order valence-electron chi connectivity index (χ0n) is 12.1. The van der Waals surface area contributed by atoms with Gasteiger partial charge in [0, 0.05) is 19.1 Å². The molecule has 1 unspecified atom stereocenters. The van der Waals surface area contributed by atoms with E-state index in [9.17, 15) is 4.79 Å². The number of ether oxygens (including phenoxy) is 2. The summed E-state index contributed by atoms with van der Waals surface area (Å²) in [6.45, 7) is 2.68. The molecule has 1 aromatic rings. The van der Waals surface area contributed by atoms with Gasteiger partial charge in [0.2, 0.25) is 0 Å². The molecule has 1 amide bonds. The van der Waals surface area contributed by atoms with E-state index in [1.54, 1.807) is 0 Å². The van der Waals surface area contributed by atoms with Crippen LogP contribution in [-0.4, -0.2) is 50.2 Å². The van der Waals surface area contributed by atoms with Crippen molar-refractivity contribution in [1.29, 1.82) is 0 Å². The number of benzene rings is 1. The fraction of sp³-hybridized carbons (Fsp3) is 0.533. The van der Waals surface area contributed by atoms with Gasteiger partial charge in [-0.15, -0.1) is 12.4 Å². The predicted octanol–water partition coefficient (Wildman–Crippen LogP) is 1.70. The summed E-state index contributed by atoms with van der Waals surface area (Å²) in [5.74, 6) is 1.32. The van der Waals surface area contributed by atoms with Crippen molar-refractivity contribution in [3.05, 3.63) is 23.8 Å².